The number of aryl methyl sites for hydroxylation is 1. The maximum atomic E-state index is 13.1. The van der Waals surface area contributed by atoms with Crippen LogP contribution in [0, 0.1) is 6.92 Å². The van der Waals surface area contributed by atoms with Crippen LogP contribution in [0.25, 0.3) is 0 Å². The summed E-state index contributed by atoms with van der Waals surface area (Å²) in [6.45, 7) is 3.34. The third kappa shape index (κ3) is 3.28. The van der Waals surface area contributed by atoms with Gasteiger partial charge in [0.05, 0.1) is 12.2 Å². The van der Waals surface area contributed by atoms with Gasteiger partial charge in [0, 0.05) is 12.1 Å². The summed E-state index contributed by atoms with van der Waals surface area (Å²) in [5, 5.41) is 6.95. The standard InChI is InChI=1S/C15H16F3N3.ClH/c1-10-2-4-11(5-3-10)9-21-13-8-19-7-6-12(13)14(20-21)15(16,17)18;/h2-5,19H,6-9H2,1H3;1H. The first-order chi connectivity index (χ1) is 9.95. The van der Waals surface area contributed by atoms with Crippen molar-refractivity contribution >= 4 is 12.4 Å². The van der Waals surface area contributed by atoms with E-state index in [4.69, 9.17) is 0 Å². The zero-order chi connectivity index (χ0) is 15.0. The van der Waals surface area contributed by atoms with Gasteiger partial charge in [0.2, 0.25) is 0 Å². The molecule has 0 spiro atoms. The molecule has 1 aromatic carbocycles. The van der Waals surface area contributed by atoms with E-state index in [0.29, 0.717) is 37.3 Å². The van der Waals surface area contributed by atoms with Crippen molar-refractivity contribution < 1.29 is 13.2 Å². The van der Waals surface area contributed by atoms with Crippen molar-refractivity contribution in [3.05, 3.63) is 52.3 Å². The summed E-state index contributed by atoms with van der Waals surface area (Å²) in [6.07, 6.45) is -4.02. The number of benzene rings is 1. The van der Waals surface area contributed by atoms with Crippen LogP contribution in [0.2, 0.25) is 0 Å². The number of alkyl halides is 3. The van der Waals surface area contributed by atoms with Gasteiger partial charge in [0.15, 0.2) is 5.69 Å². The van der Waals surface area contributed by atoms with Crippen LogP contribution in [0.3, 0.4) is 0 Å². The normalized spacial score (nSPS) is 14.4. The predicted molar refractivity (Wildman–Crippen MR) is 80.2 cm³/mol. The topological polar surface area (TPSA) is 29.9 Å². The van der Waals surface area contributed by atoms with Crippen molar-refractivity contribution in [1.82, 2.24) is 15.1 Å². The van der Waals surface area contributed by atoms with Crippen LogP contribution < -0.4 is 5.32 Å². The Morgan fingerprint density at radius 3 is 2.55 bits per heavy atom. The maximum absolute atomic E-state index is 13.1. The van der Waals surface area contributed by atoms with E-state index in [2.05, 4.69) is 10.4 Å². The minimum Gasteiger partial charge on any atom is -0.311 e. The Morgan fingerprint density at radius 2 is 1.91 bits per heavy atom. The second-order valence-electron chi connectivity index (χ2n) is 5.34. The Labute approximate surface area is 132 Å². The quantitative estimate of drug-likeness (QED) is 0.915. The molecule has 0 saturated carbocycles. The molecule has 0 unspecified atom stereocenters. The molecule has 0 radical (unpaired) electrons. The molecule has 0 saturated heterocycles. The molecular weight excluding hydrogens is 315 g/mol. The number of fused-ring (bicyclic) bond motifs is 1. The molecule has 2 aromatic rings. The molecular formula is C15H17ClF3N3. The number of hydrogen-bond donors (Lipinski definition) is 1. The minimum atomic E-state index is -4.39. The van der Waals surface area contributed by atoms with Crippen LogP contribution in [-0.2, 0) is 25.7 Å². The largest absolute Gasteiger partial charge is 0.435 e. The number of aromatic nitrogens is 2. The summed E-state index contributed by atoms with van der Waals surface area (Å²) in [6, 6.07) is 7.75. The zero-order valence-electron chi connectivity index (χ0n) is 12.1. The van der Waals surface area contributed by atoms with Gasteiger partial charge in [0.25, 0.3) is 0 Å². The average Bonchev–Trinajstić information content (AvgIpc) is 2.81. The molecule has 0 atom stereocenters. The number of hydrogen-bond acceptors (Lipinski definition) is 2. The highest BCUT2D eigenvalue weighted by molar-refractivity contribution is 5.85. The van der Waals surface area contributed by atoms with Gasteiger partial charge in [-0.2, -0.15) is 18.3 Å². The highest BCUT2D eigenvalue weighted by atomic mass is 35.5. The Balaban J connectivity index is 0.00000176. The van der Waals surface area contributed by atoms with Crippen molar-refractivity contribution in [1.29, 1.82) is 0 Å². The first kappa shape index (κ1) is 16.8. The molecule has 2 heterocycles. The van der Waals surface area contributed by atoms with Gasteiger partial charge in [-0.25, -0.2) is 0 Å². The molecule has 120 valence electrons. The van der Waals surface area contributed by atoms with E-state index in [-0.39, 0.29) is 12.4 Å². The third-order valence-corrected chi connectivity index (χ3v) is 3.73. The second kappa shape index (κ2) is 6.30. The highest BCUT2D eigenvalue weighted by Gasteiger charge is 2.39. The molecule has 1 N–H and O–H groups in total. The van der Waals surface area contributed by atoms with Gasteiger partial charge < -0.3 is 5.32 Å². The SMILES string of the molecule is Cc1ccc(Cn2nc(C(F)(F)F)c3c2CNCC3)cc1.Cl. The summed E-state index contributed by atoms with van der Waals surface area (Å²) in [4.78, 5) is 0. The molecule has 0 bridgehead atoms. The van der Waals surface area contributed by atoms with Crippen LogP contribution in [0.15, 0.2) is 24.3 Å². The second-order valence-corrected chi connectivity index (χ2v) is 5.34. The molecule has 22 heavy (non-hydrogen) atoms. The van der Waals surface area contributed by atoms with E-state index < -0.39 is 11.9 Å². The van der Waals surface area contributed by atoms with Crippen molar-refractivity contribution in [2.75, 3.05) is 6.54 Å². The van der Waals surface area contributed by atoms with E-state index in [0.717, 1.165) is 11.1 Å². The van der Waals surface area contributed by atoms with E-state index in [1.54, 1.807) is 0 Å². The van der Waals surface area contributed by atoms with Crippen molar-refractivity contribution in [2.24, 2.45) is 0 Å². The van der Waals surface area contributed by atoms with Crippen LogP contribution >= 0.6 is 12.4 Å². The molecule has 3 rings (SSSR count). The van der Waals surface area contributed by atoms with Crippen molar-refractivity contribution in [2.45, 2.75) is 32.6 Å². The monoisotopic (exact) mass is 331 g/mol. The molecule has 0 fully saturated rings. The minimum absolute atomic E-state index is 0. The summed E-state index contributed by atoms with van der Waals surface area (Å²) in [5.74, 6) is 0. The van der Waals surface area contributed by atoms with Crippen LogP contribution in [0.1, 0.15) is 28.1 Å². The molecule has 1 aliphatic heterocycles. The number of halogens is 4. The Hall–Kier alpha value is -1.53. The summed E-state index contributed by atoms with van der Waals surface area (Å²) in [5.41, 5.74) is 2.33. The molecule has 1 aromatic heterocycles. The number of rotatable bonds is 2. The summed E-state index contributed by atoms with van der Waals surface area (Å²) in [7, 11) is 0. The lowest BCUT2D eigenvalue weighted by atomic mass is 10.1. The van der Waals surface area contributed by atoms with Crippen molar-refractivity contribution in [3.8, 4) is 0 Å². The number of nitrogens with one attached hydrogen (secondary N) is 1. The third-order valence-electron chi connectivity index (χ3n) is 3.73. The van der Waals surface area contributed by atoms with E-state index >= 15 is 0 Å². The highest BCUT2D eigenvalue weighted by Crippen LogP contribution is 2.34. The first-order valence-electron chi connectivity index (χ1n) is 6.87. The van der Waals surface area contributed by atoms with E-state index in [9.17, 15) is 13.2 Å². The Morgan fingerprint density at radius 1 is 1.23 bits per heavy atom. The smallest absolute Gasteiger partial charge is 0.311 e. The van der Waals surface area contributed by atoms with E-state index in [1.165, 1.54) is 4.68 Å². The summed E-state index contributed by atoms with van der Waals surface area (Å²) >= 11 is 0. The molecule has 0 aliphatic carbocycles. The van der Waals surface area contributed by atoms with Gasteiger partial charge in [-0.05, 0) is 25.5 Å². The average molecular weight is 332 g/mol. The molecule has 7 heteroatoms. The fourth-order valence-corrected chi connectivity index (χ4v) is 2.64. The first-order valence-corrected chi connectivity index (χ1v) is 6.87. The van der Waals surface area contributed by atoms with Crippen molar-refractivity contribution in [3.63, 3.8) is 0 Å². The lowest BCUT2D eigenvalue weighted by molar-refractivity contribution is -0.142. The fourth-order valence-electron chi connectivity index (χ4n) is 2.64. The summed E-state index contributed by atoms with van der Waals surface area (Å²) < 4.78 is 40.7. The lowest BCUT2D eigenvalue weighted by Crippen LogP contribution is -2.26. The lowest BCUT2D eigenvalue weighted by Gasteiger charge is -2.16. The van der Waals surface area contributed by atoms with Gasteiger partial charge in [-0.15, -0.1) is 12.4 Å². The van der Waals surface area contributed by atoms with Crippen LogP contribution in [0.4, 0.5) is 13.2 Å². The van der Waals surface area contributed by atoms with Crippen LogP contribution in [0.5, 0.6) is 0 Å². The predicted octanol–water partition coefficient (Wildman–Crippen LogP) is 3.33. The van der Waals surface area contributed by atoms with Gasteiger partial charge in [-0.3, -0.25) is 4.68 Å². The van der Waals surface area contributed by atoms with E-state index in [1.807, 2.05) is 31.2 Å². The Bertz CT molecular complexity index is 647. The molecule has 3 nitrogen and oxygen atoms in total. The molecule has 1 aliphatic rings. The Kier molecular flexibility index (Phi) is 4.82. The van der Waals surface area contributed by atoms with Gasteiger partial charge >= 0.3 is 6.18 Å². The molecule has 0 amide bonds. The zero-order valence-corrected chi connectivity index (χ0v) is 12.9. The van der Waals surface area contributed by atoms with Crippen LogP contribution in [-0.4, -0.2) is 16.3 Å². The maximum Gasteiger partial charge on any atom is 0.435 e. The fraction of sp³-hybridized carbons (Fsp3) is 0.400. The number of nitrogens with zero attached hydrogens (tertiary/aromatic N) is 2. The van der Waals surface area contributed by atoms with Gasteiger partial charge in [0.1, 0.15) is 0 Å². The van der Waals surface area contributed by atoms with Gasteiger partial charge in [-0.1, -0.05) is 29.8 Å².